The van der Waals surface area contributed by atoms with Gasteiger partial charge in [-0.15, -0.1) is 0 Å². The molecule has 2 aromatic rings. The van der Waals surface area contributed by atoms with Crippen molar-refractivity contribution in [3.8, 4) is 5.75 Å². The van der Waals surface area contributed by atoms with Crippen LogP contribution in [0.15, 0.2) is 42.5 Å². The van der Waals surface area contributed by atoms with E-state index >= 15 is 0 Å². The van der Waals surface area contributed by atoms with Gasteiger partial charge < -0.3 is 10.1 Å². The number of carbonyl (C=O) groups excluding carboxylic acids is 2. The minimum Gasteiger partial charge on any atom is -0.481 e. The van der Waals surface area contributed by atoms with Crippen molar-refractivity contribution >= 4 is 17.9 Å². The Labute approximate surface area is 119 Å². The van der Waals surface area contributed by atoms with Gasteiger partial charge in [-0.25, -0.2) is 8.78 Å². The summed E-state index contributed by atoms with van der Waals surface area (Å²) in [4.78, 5) is 22.1. The number of ether oxygens (including phenoxy) is 1. The zero-order valence-electron chi connectivity index (χ0n) is 10.8. The molecule has 0 aliphatic carbocycles. The summed E-state index contributed by atoms with van der Waals surface area (Å²) in [5.74, 6) is -2.12. The third-order valence-corrected chi connectivity index (χ3v) is 2.60. The zero-order valence-corrected chi connectivity index (χ0v) is 10.8. The van der Waals surface area contributed by atoms with Crippen LogP contribution in [0, 0.1) is 11.6 Å². The second-order valence-electron chi connectivity index (χ2n) is 4.12. The SMILES string of the molecule is O=Cc1ccc(OCC(=O)Nc2ccccc2F)c(F)c1. The van der Waals surface area contributed by atoms with Gasteiger partial charge in [0.25, 0.3) is 5.91 Å². The van der Waals surface area contributed by atoms with E-state index in [9.17, 15) is 18.4 Å². The van der Waals surface area contributed by atoms with Gasteiger partial charge in [-0.3, -0.25) is 9.59 Å². The predicted molar refractivity (Wildman–Crippen MR) is 72.3 cm³/mol. The first kappa shape index (κ1) is 14.6. The fourth-order valence-corrected chi connectivity index (χ4v) is 1.60. The molecule has 108 valence electrons. The molecular formula is C15H11F2NO3. The molecule has 0 saturated heterocycles. The Kier molecular flexibility index (Phi) is 4.61. The number of halogens is 2. The van der Waals surface area contributed by atoms with E-state index in [2.05, 4.69) is 5.32 Å². The molecule has 0 saturated carbocycles. The van der Waals surface area contributed by atoms with Crippen LogP contribution in [0.3, 0.4) is 0 Å². The lowest BCUT2D eigenvalue weighted by Crippen LogP contribution is -2.21. The van der Waals surface area contributed by atoms with E-state index in [1.807, 2.05) is 0 Å². The number of amides is 1. The molecule has 0 radical (unpaired) electrons. The summed E-state index contributed by atoms with van der Waals surface area (Å²) in [6.07, 6.45) is 0.498. The van der Waals surface area contributed by atoms with Gasteiger partial charge >= 0.3 is 0 Å². The number of carbonyl (C=O) groups is 2. The molecule has 2 aromatic carbocycles. The van der Waals surface area contributed by atoms with Gasteiger partial charge in [-0.05, 0) is 30.3 Å². The summed E-state index contributed by atoms with van der Waals surface area (Å²) < 4.78 is 31.8. The van der Waals surface area contributed by atoms with Crippen molar-refractivity contribution in [3.05, 3.63) is 59.7 Å². The normalized spacial score (nSPS) is 10.0. The van der Waals surface area contributed by atoms with E-state index in [1.54, 1.807) is 6.07 Å². The molecular weight excluding hydrogens is 280 g/mol. The lowest BCUT2D eigenvalue weighted by Gasteiger charge is -2.09. The fraction of sp³-hybridized carbons (Fsp3) is 0.0667. The summed E-state index contributed by atoms with van der Waals surface area (Å²) in [6.45, 7) is -0.480. The van der Waals surface area contributed by atoms with E-state index in [-0.39, 0.29) is 17.0 Å². The Morgan fingerprint density at radius 2 is 1.90 bits per heavy atom. The first-order chi connectivity index (χ1) is 10.1. The van der Waals surface area contributed by atoms with Gasteiger partial charge in [-0.1, -0.05) is 12.1 Å². The van der Waals surface area contributed by atoms with Crippen molar-refractivity contribution in [2.45, 2.75) is 0 Å². The van der Waals surface area contributed by atoms with Crippen molar-refractivity contribution in [1.82, 2.24) is 0 Å². The van der Waals surface area contributed by atoms with Crippen LogP contribution in [0.4, 0.5) is 14.5 Å². The number of rotatable bonds is 5. The molecule has 1 N–H and O–H groups in total. The molecule has 0 aliphatic rings. The topological polar surface area (TPSA) is 55.4 Å². The van der Waals surface area contributed by atoms with E-state index in [0.717, 1.165) is 6.07 Å². The lowest BCUT2D eigenvalue weighted by molar-refractivity contribution is -0.118. The van der Waals surface area contributed by atoms with Crippen molar-refractivity contribution in [2.24, 2.45) is 0 Å². The molecule has 1 amide bonds. The van der Waals surface area contributed by atoms with E-state index < -0.39 is 24.1 Å². The second kappa shape index (κ2) is 6.60. The average Bonchev–Trinajstić information content (AvgIpc) is 2.48. The van der Waals surface area contributed by atoms with Crippen LogP contribution >= 0.6 is 0 Å². The van der Waals surface area contributed by atoms with Crippen molar-refractivity contribution in [2.75, 3.05) is 11.9 Å². The van der Waals surface area contributed by atoms with E-state index in [0.29, 0.717) is 6.29 Å². The third kappa shape index (κ3) is 3.85. The monoisotopic (exact) mass is 291 g/mol. The smallest absolute Gasteiger partial charge is 0.262 e. The molecule has 2 rings (SSSR count). The molecule has 0 unspecified atom stereocenters. The Bertz CT molecular complexity index is 674. The number of aldehydes is 1. The van der Waals surface area contributed by atoms with Crippen LogP contribution in [0.1, 0.15) is 10.4 Å². The number of nitrogens with one attached hydrogen (secondary N) is 1. The van der Waals surface area contributed by atoms with Gasteiger partial charge in [0.2, 0.25) is 0 Å². The van der Waals surface area contributed by atoms with Gasteiger partial charge in [0.05, 0.1) is 5.69 Å². The van der Waals surface area contributed by atoms with Crippen LogP contribution in [0.5, 0.6) is 5.75 Å². The molecule has 0 aliphatic heterocycles. The highest BCUT2D eigenvalue weighted by Gasteiger charge is 2.09. The van der Waals surface area contributed by atoms with Crippen LogP contribution in [0.25, 0.3) is 0 Å². The van der Waals surface area contributed by atoms with Gasteiger partial charge in [0, 0.05) is 5.56 Å². The number of para-hydroxylation sites is 1. The molecule has 0 heterocycles. The fourth-order valence-electron chi connectivity index (χ4n) is 1.60. The van der Waals surface area contributed by atoms with Gasteiger partial charge in [-0.2, -0.15) is 0 Å². The Balaban J connectivity index is 1.95. The number of benzene rings is 2. The number of hydrogen-bond donors (Lipinski definition) is 1. The van der Waals surface area contributed by atoms with Crippen LogP contribution in [-0.4, -0.2) is 18.8 Å². The standard InChI is InChI=1S/C15H11F2NO3/c16-11-3-1-2-4-13(11)18-15(20)9-21-14-6-5-10(8-19)7-12(14)17/h1-8H,9H2,(H,18,20). The molecule has 0 fully saturated rings. The van der Waals surface area contributed by atoms with Crippen LogP contribution < -0.4 is 10.1 Å². The van der Waals surface area contributed by atoms with Crippen molar-refractivity contribution < 1.29 is 23.1 Å². The summed E-state index contributed by atoms with van der Waals surface area (Å²) in [7, 11) is 0. The highest BCUT2D eigenvalue weighted by molar-refractivity contribution is 5.92. The predicted octanol–water partition coefficient (Wildman–Crippen LogP) is 2.79. The Hall–Kier alpha value is -2.76. The van der Waals surface area contributed by atoms with Crippen LogP contribution in [-0.2, 0) is 4.79 Å². The van der Waals surface area contributed by atoms with Gasteiger partial charge in [0.1, 0.15) is 12.1 Å². The van der Waals surface area contributed by atoms with Crippen LogP contribution in [0.2, 0.25) is 0 Å². The first-order valence-electron chi connectivity index (χ1n) is 6.02. The van der Waals surface area contributed by atoms with Gasteiger partial charge in [0.15, 0.2) is 18.2 Å². The average molecular weight is 291 g/mol. The zero-order chi connectivity index (χ0) is 15.2. The summed E-state index contributed by atoms with van der Waals surface area (Å²) in [5.41, 5.74) is 0.179. The Morgan fingerprint density at radius 1 is 1.14 bits per heavy atom. The van der Waals surface area contributed by atoms with E-state index in [1.165, 1.54) is 30.3 Å². The maximum absolute atomic E-state index is 13.5. The largest absolute Gasteiger partial charge is 0.481 e. The number of anilines is 1. The van der Waals surface area contributed by atoms with Crippen molar-refractivity contribution in [3.63, 3.8) is 0 Å². The highest BCUT2D eigenvalue weighted by Crippen LogP contribution is 2.18. The Morgan fingerprint density at radius 3 is 2.57 bits per heavy atom. The molecule has 0 bridgehead atoms. The molecule has 0 aromatic heterocycles. The minimum absolute atomic E-state index is 0.0166. The third-order valence-electron chi connectivity index (χ3n) is 2.60. The summed E-state index contributed by atoms with van der Waals surface area (Å²) >= 11 is 0. The summed E-state index contributed by atoms with van der Waals surface area (Å²) in [6, 6.07) is 9.26. The maximum atomic E-state index is 13.5. The second-order valence-corrected chi connectivity index (χ2v) is 4.12. The first-order valence-corrected chi connectivity index (χ1v) is 6.02. The summed E-state index contributed by atoms with van der Waals surface area (Å²) in [5, 5.41) is 2.30. The number of hydrogen-bond acceptors (Lipinski definition) is 3. The molecule has 0 spiro atoms. The molecule has 6 heteroatoms. The molecule has 4 nitrogen and oxygen atoms in total. The molecule has 21 heavy (non-hydrogen) atoms. The maximum Gasteiger partial charge on any atom is 0.262 e. The minimum atomic E-state index is -0.752. The lowest BCUT2D eigenvalue weighted by atomic mass is 10.2. The van der Waals surface area contributed by atoms with Crippen molar-refractivity contribution in [1.29, 1.82) is 0 Å². The molecule has 0 atom stereocenters. The highest BCUT2D eigenvalue weighted by atomic mass is 19.1. The quantitative estimate of drug-likeness (QED) is 0.862. The van der Waals surface area contributed by atoms with E-state index in [4.69, 9.17) is 4.74 Å².